The summed E-state index contributed by atoms with van der Waals surface area (Å²) >= 11 is 13.0. The highest BCUT2D eigenvalue weighted by Crippen LogP contribution is 2.33. The van der Waals surface area contributed by atoms with Gasteiger partial charge in [-0.25, -0.2) is 0 Å². The van der Waals surface area contributed by atoms with Crippen molar-refractivity contribution in [2.24, 2.45) is 10.2 Å². The molecule has 22 heavy (non-hydrogen) atoms. The fourth-order valence-electron chi connectivity index (χ4n) is 1.64. The lowest BCUT2D eigenvalue weighted by Gasteiger charge is -1.96. The summed E-state index contributed by atoms with van der Waals surface area (Å²) in [5.41, 5.74) is 1.17. The summed E-state index contributed by atoms with van der Waals surface area (Å²) in [7, 11) is 0. The Labute approximate surface area is 139 Å². The Morgan fingerprint density at radius 1 is 0.909 bits per heavy atom. The van der Waals surface area contributed by atoms with E-state index in [1.165, 1.54) is 23.5 Å². The first-order chi connectivity index (χ1) is 10.6. The van der Waals surface area contributed by atoms with Crippen molar-refractivity contribution in [1.29, 1.82) is 0 Å². The number of hydrogen-bond acceptors (Lipinski definition) is 6. The van der Waals surface area contributed by atoms with E-state index in [9.17, 15) is 5.11 Å². The van der Waals surface area contributed by atoms with Crippen LogP contribution in [-0.2, 0) is 0 Å². The molecule has 1 heterocycles. The smallest absolute Gasteiger partial charge is 0.252 e. The lowest BCUT2D eigenvalue weighted by Crippen LogP contribution is -1.75. The number of aromatic hydroxyl groups is 1. The number of azo groups is 1. The topological polar surface area (TPSA) is 70.7 Å². The Bertz CT molecular complexity index is 833. The van der Waals surface area contributed by atoms with Crippen molar-refractivity contribution in [3.8, 4) is 16.3 Å². The van der Waals surface area contributed by atoms with Crippen LogP contribution in [0.4, 0.5) is 10.8 Å². The van der Waals surface area contributed by atoms with E-state index >= 15 is 0 Å². The van der Waals surface area contributed by atoms with E-state index in [4.69, 9.17) is 23.2 Å². The van der Waals surface area contributed by atoms with Crippen LogP contribution in [0, 0.1) is 0 Å². The largest absolute Gasteiger partial charge is 0.506 e. The van der Waals surface area contributed by atoms with Crippen molar-refractivity contribution in [3.63, 3.8) is 0 Å². The Morgan fingerprint density at radius 2 is 1.64 bits per heavy atom. The third-order valence-corrected chi connectivity index (χ3v) is 4.03. The first-order valence-electron chi connectivity index (χ1n) is 6.11. The minimum absolute atomic E-state index is 0.00408. The summed E-state index contributed by atoms with van der Waals surface area (Å²) in [6.45, 7) is 0. The van der Waals surface area contributed by atoms with Gasteiger partial charge in [-0.2, -0.15) is 0 Å². The van der Waals surface area contributed by atoms with Gasteiger partial charge in [0.05, 0.1) is 0 Å². The third kappa shape index (κ3) is 3.41. The Hall–Kier alpha value is -2.02. The molecule has 0 saturated heterocycles. The highest BCUT2D eigenvalue weighted by Gasteiger charge is 2.07. The summed E-state index contributed by atoms with van der Waals surface area (Å²) < 4.78 is 0. The first kappa shape index (κ1) is 14.9. The highest BCUT2D eigenvalue weighted by atomic mass is 35.5. The average Bonchev–Trinajstić information content (AvgIpc) is 2.98. The van der Waals surface area contributed by atoms with Gasteiger partial charge >= 0.3 is 0 Å². The van der Waals surface area contributed by atoms with Crippen molar-refractivity contribution in [2.45, 2.75) is 0 Å². The second-order valence-corrected chi connectivity index (χ2v) is 6.06. The molecule has 0 amide bonds. The van der Waals surface area contributed by atoms with E-state index in [0.717, 1.165) is 5.56 Å². The average molecular weight is 351 g/mol. The molecule has 0 bridgehead atoms. The second kappa shape index (κ2) is 6.39. The predicted molar refractivity (Wildman–Crippen MR) is 87.6 cm³/mol. The number of rotatable bonds is 3. The van der Waals surface area contributed by atoms with E-state index in [1.54, 1.807) is 18.2 Å². The predicted octanol–water partition coefficient (Wildman–Crippen LogP) is 5.63. The molecule has 0 radical (unpaired) electrons. The molecule has 5 nitrogen and oxygen atoms in total. The minimum Gasteiger partial charge on any atom is -0.506 e. The zero-order valence-corrected chi connectivity index (χ0v) is 13.3. The fraction of sp³-hybridized carbons (Fsp3) is 0. The van der Waals surface area contributed by atoms with Crippen LogP contribution < -0.4 is 0 Å². The number of halogens is 2. The zero-order chi connectivity index (χ0) is 15.5. The van der Waals surface area contributed by atoms with Crippen LogP contribution in [-0.4, -0.2) is 15.3 Å². The van der Waals surface area contributed by atoms with E-state index in [0.29, 0.717) is 20.2 Å². The van der Waals surface area contributed by atoms with Gasteiger partial charge in [0, 0.05) is 15.6 Å². The summed E-state index contributed by atoms with van der Waals surface area (Å²) in [5.74, 6) is -0.00408. The molecular weight excluding hydrogens is 343 g/mol. The Kier molecular flexibility index (Phi) is 4.33. The molecule has 0 aliphatic heterocycles. The molecule has 0 saturated carbocycles. The van der Waals surface area contributed by atoms with E-state index in [-0.39, 0.29) is 11.4 Å². The van der Waals surface area contributed by atoms with E-state index in [1.807, 2.05) is 12.1 Å². The van der Waals surface area contributed by atoms with E-state index in [2.05, 4.69) is 20.4 Å². The third-order valence-electron chi connectivity index (χ3n) is 2.69. The van der Waals surface area contributed by atoms with Crippen molar-refractivity contribution >= 4 is 45.4 Å². The van der Waals surface area contributed by atoms with Crippen LogP contribution in [0.3, 0.4) is 0 Å². The van der Waals surface area contributed by atoms with Gasteiger partial charge in [-0.15, -0.1) is 20.4 Å². The molecule has 0 spiro atoms. The van der Waals surface area contributed by atoms with Crippen molar-refractivity contribution in [2.75, 3.05) is 0 Å². The normalized spacial score (nSPS) is 11.2. The van der Waals surface area contributed by atoms with Crippen molar-refractivity contribution in [3.05, 3.63) is 52.5 Å². The number of nitrogens with zero attached hydrogens (tertiary/aromatic N) is 4. The second-order valence-electron chi connectivity index (χ2n) is 4.23. The molecule has 2 aromatic carbocycles. The fourth-order valence-corrected chi connectivity index (χ4v) is 2.60. The molecule has 0 atom stereocenters. The van der Waals surface area contributed by atoms with Gasteiger partial charge in [0.2, 0.25) is 0 Å². The number of aromatic nitrogens is 2. The highest BCUT2D eigenvalue weighted by molar-refractivity contribution is 7.18. The van der Waals surface area contributed by atoms with Crippen LogP contribution >= 0.6 is 34.5 Å². The molecule has 0 fully saturated rings. The molecule has 0 aliphatic carbocycles. The van der Waals surface area contributed by atoms with Crippen LogP contribution in [0.15, 0.2) is 52.7 Å². The van der Waals surface area contributed by atoms with Crippen LogP contribution in [0.25, 0.3) is 10.6 Å². The quantitative estimate of drug-likeness (QED) is 0.621. The maximum absolute atomic E-state index is 9.66. The lowest BCUT2D eigenvalue weighted by molar-refractivity contribution is 0.476. The molecule has 0 unspecified atom stereocenters. The SMILES string of the molecule is Oc1ccc(Cl)cc1N=Nc1nnc(-c2ccc(Cl)cc2)s1. The maximum Gasteiger partial charge on any atom is 0.252 e. The Morgan fingerprint density at radius 3 is 2.41 bits per heavy atom. The Balaban J connectivity index is 1.83. The first-order valence-corrected chi connectivity index (χ1v) is 7.69. The summed E-state index contributed by atoms with van der Waals surface area (Å²) in [4.78, 5) is 0. The summed E-state index contributed by atoms with van der Waals surface area (Å²) in [5, 5.41) is 27.8. The number of phenols is 1. The van der Waals surface area contributed by atoms with Gasteiger partial charge in [0.1, 0.15) is 16.4 Å². The van der Waals surface area contributed by atoms with Gasteiger partial charge in [-0.3, -0.25) is 0 Å². The molecule has 0 aliphatic rings. The molecule has 1 aromatic heterocycles. The molecule has 3 aromatic rings. The van der Waals surface area contributed by atoms with Crippen LogP contribution in [0.2, 0.25) is 10.0 Å². The van der Waals surface area contributed by atoms with E-state index < -0.39 is 0 Å². The zero-order valence-electron chi connectivity index (χ0n) is 10.9. The van der Waals surface area contributed by atoms with Gasteiger partial charge in [0.15, 0.2) is 0 Å². The minimum atomic E-state index is -0.00408. The van der Waals surface area contributed by atoms with Crippen LogP contribution in [0.1, 0.15) is 0 Å². The van der Waals surface area contributed by atoms with Gasteiger partial charge < -0.3 is 5.11 Å². The standard InChI is InChI=1S/C14H8Cl2N4OS/c15-9-3-1-8(2-4-9)13-18-20-14(22-13)19-17-11-7-10(16)5-6-12(11)21/h1-7,21H. The number of benzene rings is 2. The number of phenolic OH excluding ortho intramolecular Hbond substituents is 1. The number of hydrogen-bond donors (Lipinski definition) is 1. The molecule has 1 N–H and O–H groups in total. The van der Waals surface area contributed by atoms with Gasteiger partial charge in [-0.05, 0) is 30.3 Å². The molecule has 3 rings (SSSR count). The van der Waals surface area contributed by atoms with Crippen LogP contribution in [0.5, 0.6) is 5.75 Å². The van der Waals surface area contributed by atoms with Gasteiger partial charge in [-0.1, -0.05) is 46.7 Å². The molecular formula is C14H8Cl2N4OS. The molecule has 110 valence electrons. The monoisotopic (exact) mass is 350 g/mol. The van der Waals surface area contributed by atoms with Crippen molar-refractivity contribution < 1.29 is 5.11 Å². The van der Waals surface area contributed by atoms with Crippen molar-refractivity contribution in [1.82, 2.24) is 10.2 Å². The molecule has 8 heteroatoms. The summed E-state index contributed by atoms with van der Waals surface area (Å²) in [6, 6.07) is 11.8. The summed E-state index contributed by atoms with van der Waals surface area (Å²) in [6.07, 6.45) is 0. The maximum atomic E-state index is 9.66. The van der Waals surface area contributed by atoms with Gasteiger partial charge in [0.25, 0.3) is 5.13 Å². The lowest BCUT2D eigenvalue weighted by atomic mass is 10.2.